The fourth-order valence-corrected chi connectivity index (χ4v) is 3.12. The Morgan fingerprint density at radius 1 is 1.32 bits per heavy atom. The minimum Gasteiger partial charge on any atom is -0.384 e. The van der Waals surface area contributed by atoms with E-state index >= 15 is 0 Å². The SMILES string of the molecule is CC(O)(CNc1ccc([N+](=O)[O-])cc1S(N)(=O)=O)c1cccc(Cl)c1. The summed E-state index contributed by atoms with van der Waals surface area (Å²) >= 11 is 5.91. The van der Waals surface area contributed by atoms with Gasteiger partial charge < -0.3 is 10.4 Å². The molecule has 0 spiro atoms. The lowest BCUT2D eigenvalue weighted by molar-refractivity contribution is -0.385. The molecule has 25 heavy (non-hydrogen) atoms. The lowest BCUT2D eigenvalue weighted by Crippen LogP contribution is -2.31. The second-order valence-corrected chi connectivity index (χ2v) is 7.59. The lowest BCUT2D eigenvalue weighted by atomic mass is 9.96. The number of nitro groups is 1. The van der Waals surface area contributed by atoms with Crippen molar-refractivity contribution in [3.05, 3.63) is 63.2 Å². The minimum atomic E-state index is -4.20. The maximum absolute atomic E-state index is 11.7. The molecule has 0 aliphatic rings. The van der Waals surface area contributed by atoms with Gasteiger partial charge in [-0.2, -0.15) is 0 Å². The molecule has 0 saturated heterocycles. The van der Waals surface area contributed by atoms with Crippen molar-refractivity contribution in [3.63, 3.8) is 0 Å². The third-order valence-electron chi connectivity index (χ3n) is 3.55. The van der Waals surface area contributed by atoms with E-state index in [0.717, 1.165) is 12.1 Å². The highest BCUT2D eigenvalue weighted by Gasteiger charge is 2.25. The van der Waals surface area contributed by atoms with Gasteiger partial charge >= 0.3 is 0 Å². The van der Waals surface area contributed by atoms with Crippen molar-refractivity contribution >= 4 is 33.0 Å². The van der Waals surface area contributed by atoms with Gasteiger partial charge in [0.15, 0.2) is 0 Å². The van der Waals surface area contributed by atoms with E-state index in [9.17, 15) is 23.6 Å². The van der Waals surface area contributed by atoms with Crippen LogP contribution in [0.1, 0.15) is 12.5 Å². The van der Waals surface area contributed by atoms with E-state index in [1.807, 2.05) is 0 Å². The molecule has 2 rings (SSSR count). The van der Waals surface area contributed by atoms with Gasteiger partial charge in [0.1, 0.15) is 10.5 Å². The van der Waals surface area contributed by atoms with Crippen molar-refractivity contribution in [2.24, 2.45) is 5.14 Å². The number of halogens is 1. The first kappa shape index (κ1) is 19.1. The molecule has 0 radical (unpaired) electrons. The molecular formula is C15H16ClN3O5S. The van der Waals surface area contributed by atoms with Gasteiger partial charge in [-0.15, -0.1) is 0 Å². The molecule has 0 fully saturated rings. The number of rotatable bonds is 6. The summed E-state index contributed by atoms with van der Waals surface area (Å²) in [4.78, 5) is 9.67. The average molecular weight is 386 g/mol. The molecule has 0 bridgehead atoms. The first-order chi connectivity index (χ1) is 11.5. The number of hydrogen-bond acceptors (Lipinski definition) is 6. The van der Waals surface area contributed by atoms with Crippen LogP contribution in [-0.4, -0.2) is 25.0 Å². The number of hydrogen-bond donors (Lipinski definition) is 3. The fraction of sp³-hybridized carbons (Fsp3) is 0.200. The number of sulfonamides is 1. The summed E-state index contributed by atoms with van der Waals surface area (Å²) in [5, 5.41) is 29.8. The molecule has 0 heterocycles. The molecular weight excluding hydrogens is 370 g/mol. The Kier molecular flexibility index (Phi) is 5.33. The summed E-state index contributed by atoms with van der Waals surface area (Å²) in [7, 11) is -4.20. The molecule has 0 amide bonds. The third-order valence-corrected chi connectivity index (χ3v) is 4.74. The number of nitrogens with zero attached hydrogens (tertiary/aromatic N) is 1. The zero-order valence-electron chi connectivity index (χ0n) is 13.1. The van der Waals surface area contributed by atoms with E-state index in [4.69, 9.17) is 16.7 Å². The second-order valence-electron chi connectivity index (χ2n) is 5.62. The minimum absolute atomic E-state index is 0.0513. The molecule has 4 N–H and O–H groups in total. The van der Waals surface area contributed by atoms with E-state index in [-0.39, 0.29) is 12.2 Å². The lowest BCUT2D eigenvalue weighted by Gasteiger charge is -2.25. The standard InChI is InChI=1S/C15H16ClN3O5S/c1-15(20,10-3-2-4-11(16)7-10)9-18-13-6-5-12(19(21)22)8-14(13)25(17,23)24/h2-8,18,20H,9H2,1H3,(H2,17,23,24). The molecule has 1 unspecified atom stereocenters. The normalized spacial score (nSPS) is 13.9. The van der Waals surface area contributed by atoms with Gasteiger partial charge in [-0.1, -0.05) is 23.7 Å². The second kappa shape index (κ2) is 6.96. The summed E-state index contributed by atoms with van der Waals surface area (Å²) in [6.45, 7) is 1.45. The van der Waals surface area contributed by atoms with Crippen LogP contribution < -0.4 is 10.5 Å². The van der Waals surface area contributed by atoms with E-state index in [1.165, 1.54) is 13.0 Å². The van der Waals surface area contributed by atoms with Gasteiger partial charge in [-0.3, -0.25) is 10.1 Å². The van der Waals surface area contributed by atoms with Crippen LogP contribution in [0, 0.1) is 10.1 Å². The number of nitrogens with two attached hydrogens (primary N) is 1. The first-order valence-corrected chi connectivity index (χ1v) is 8.97. The highest BCUT2D eigenvalue weighted by Crippen LogP contribution is 2.28. The Balaban J connectivity index is 2.32. The predicted molar refractivity (Wildman–Crippen MR) is 94.0 cm³/mol. The number of aliphatic hydroxyl groups is 1. The molecule has 2 aromatic rings. The molecule has 0 aromatic heterocycles. The molecule has 0 aliphatic heterocycles. The van der Waals surface area contributed by atoms with Crippen LogP contribution >= 0.6 is 11.6 Å². The van der Waals surface area contributed by atoms with Crippen LogP contribution in [0.5, 0.6) is 0 Å². The summed E-state index contributed by atoms with van der Waals surface area (Å²) < 4.78 is 23.4. The predicted octanol–water partition coefficient (Wildman–Crippen LogP) is 2.22. The molecule has 1 atom stereocenters. The Morgan fingerprint density at radius 2 is 2.00 bits per heavy atom. The van der Waals surface area contributed by atoms with Gasteiger partial charge in [-0.25, -0.2) is 13.6 Å². The van der Waals surface area contributed by atoms with Crippen LogP contribution in [0.4, 0.5) is 11.4 Å². The Hall–Kier alpha value is -2.20. The number of nitro benzene ring substituents is 1. The van der Waals surface area contributed by atoms with Crippen molar-refractivity contribution in [1.29, 1.82) is 0 Å². The van der Waals surface area contributed by atoms with Crippen LogP contribution in [0.2, 0.25) is 5.02 Å². The van der Waals surface area contributed by atoms with E-state index < -0.39 is 31.1 Å². The van der Waals surface area contributed by atoms with Crippen LogP contribution in [0.3, 0.4) is 0 Å². The van der Waals surface area contributed by atoms with E-state index in [1.54, 1.807) is 24.3 Å². The van der Waals surface area contributed by atoms with Gasteiger partial charge in [0, 0.05) is 23.7 Å². The summed E-state index contributed by atoms with van der Waals surface area (Å²) in [5.74, 6) is 0. The molecule has 2 aromatic carbocycles. The van der Waals surface area contributed by atoms with Crippen molar-refractivity contribution in [3.8, 4) is 0 Å². The van der Waals surface area contributed by atoms with Gasteiger partial charge in [0.05, 0.1) is 10.6 Å². The van der Waals surface area contributed by atoms with Crippen molar-refractivity contribution in [1.82, 2.24) is 0 Å². The Labute approximate surface area is 149 Å². The highest BCUT2D eigenvalue weighted by atomic mass is 35.5. The van der Waals surface area contributed by atoms with E-state index in [2.05, 4.69) is 5.32 Å². The average Bonchev–Trinajstić information content (AvgIpc) is 2.52. The maximum atomic E-state index is 11.7. The largest absolute Gasteiger partial charge is 0.384 e. The summed E-state index contributed by atoms with van der Waals surface area (Å²) in [6, 6.07) is 9.82. The fourth-order valence-electron chi connectivity index (χ4n) is 2.20. The van der Waals surface area contributed by atoms with Crippen LogP contribution in [-0.2, 0) is 15.6 Å². The van der Waals surface area contributed by atoms with Gasteiger partial charge in [0.25, 0.3) is 5.69 Å². The van der Waals surface area contributed by atoms with Crippen LogP contribution in [0.25, 0.3) is 0 Å². The topological polar surface area (TPSA) is 136 Å². The third kappa shape index (κ3) is 4.67. The first-order valence-electron chi connectivity index (χ1n) is 7.04. The summed E-state index contributed by atoms with van der Waals surface area (Å²) in [5.41, 5.74) is -1.21. The maximum Gasteiger partial charge on any atom is 0.270 e. The Bertz CT molecular complexity index is 915. The molecule has 10 heteroatoms. The quantitative estimate of drug-likeness (QED) is 0.515. The number of nitrogens with one attached hydrogen (secondary N) is 1. The van der Waals surface area contributed by atoms with Crippen LogP contribution in [0.15, 0.2) is 47.4 Å². The molecule has 0 saturated carbocycles. The number of non-ortho nitro benzene ring substituents is 1. The Morgan fingerprint density at radius 3 is 2.56 bits per heavy atom. The zero-order valence-corrected chi connectivity index (χ0v) is 14.7. The monoisotopic (exact) mass is 385 g/mol. The smallest absolute Gasteiger partial charge is 0.270 e. The van der Waals surface area contributed by atoms with Crippen molar-refractivity contribution in [2.45, 2.75) is 17.4 Å². The summed E-state index contributed by atoms with van der Waals surface area (Å²) in [6.07, 6.45) is 0. The number of benzene rings is 2. The van der Waals surface area contributed by atoms with Gasteiger partial charge in [-0.05, 0) is 30.7 Å². The highest BCUT2D eigenvalue weighted by molar-refractivity contribution is 7.89. The molecule has 8 nitrogen and oxygen atoms in total. The van der Waals surface area contributed by atoms with Crippen molar-refractivity contribution < 1.29 is 18.4 Å². The number of anilines is 1. The number of primary sulfonamides is 1. The molecule has 0 aliphatic carbocycles. The van der Waals surface area contributed by atoms with E-state index in [0.29, 0.717) is 10.6 Å². The van der Waals surface area contributed by atoms with Crippen molar-refractivity contribution in [2.75, 3.05) is 11.9 Å². The molecule has 134 valence electrons. The van der Waals surface area contributed by atoms with Gasteiger partial charge in [0.2, 0.25) is 10.0 Å². The zero-order chi connectivity index (χ0) is 18.8.